The first kappa shape index (κ1) is 22.2. The highest BCUT2D eigenvalue weighted by Crippen LogP contribution is 2.22. The second-order valence-electron chi connectivity index (χ2n) is 8.35. The van der Waals surface area contributed by atoms with Crippen molar-refractivity contribution in [3.63, 3.8) is 0 Å². The van der Waals surface area contributed by atoms with Crippen LogP contribution in [0.3, 0.4) is 0 Å². The third-order valence-corrected chi connectivity index (χ3v) is 6.30. The van der Waals surface area contributed by atoms with E-state index in [1.165, 1.54) is 23.4 Å². The van der Waals surface area contributed by atoms with Gasteiger partial charge in [0.25, 0.3) is 0 Å². The van der Waals surface area contributed by atoms with Gasteiger partial charge in [0.1, 0.15) is 0 Å². The van der Waals surface area contributed by atoms with E-state index in [1.807, 2.05) is 12.1 Å². The number of piperazine rings is 2. The van der Waals surface area contributed by atoms with Crippen molar-refractivity contribution < 1.29 is 18.4 Å². The summed E-state index contributed by atoms with van der Waals surface area (Å²) in [6.45, 7) is 5.66. The van der Waals surface area contributed by atoms with Crippen molar-refractivity contribution >= 4 is 17.5 Å². The molecule has 0 spiro atoms. The molecule has 2 amide bonds. The molecule has 0 aromatic heterocycles. The van der Waals surface area contributed by atoms with Crippen molar-refractivity contribution in [3.8, 4) is 0 Å². The standard InChI is InChI=1S/C24H28F2N4O2/c1-17-5-2-3-8-20(17)28-11-13-29(14-12-28)22(31)15-21-24(32)27-9-10-30(21)16-18-6-4-7-19(25)23(18)26/h2-8,21H,9-16H2,1H3,(H,27,32)/t21-/m0/s1. The smallest absolute Gasteiger partial charge is 0.237 e. The fourth-order valence-corrected chi connectivity index (χ4v) is 4.47. The Balaban J connectivity index is 1.39. The molecule has 1 N–H and O–H groups in total. The van der Waals surface area contributed by atoms with Crippen LogP contribution in [0.4, 0.5) is 14.5 Å². The topological polar surface area (TPSA) is 55.9 Å². The SMILES string of the molecule is Cc1ccccc1N1CCN(C(=O)C[C@H]2C(=O)NCCN2Cc2cccc(F)c2F)CC1. The van der Waals surface area contributed by atoms with Gasteiger partial charge in [-0.05, 0) is 24.6 Å². The molecule has 0 aliphatic carbocycles. The largest absolute Gasteiger partial charge is 0.368 e. The fraction of sp³-hybridized carbons (Fsp3) is 0.417. The molecule has 32 heavy (non-hydrogen) atoms. The number of hydrogen-bond donors (Lipinski definition) is 1. The van der Waals surface area contributed by atoms with Crippen molar-refractivity contribution in [2.75, 3.05) is 44.2 Å². The van der Waals surface area contributed by atoms with Crippen LogP contribution in [0.2, 0.25) is 0 Å². The first-order chi connectivity index (χ1) is 15.4. The maximum absolute atomic E-state index is 14.2. The zero-order chi connectivity index (χ0) is 22.7. The summed E-state index contributed by atoms with van der Waals surface area (Å²) in [6, 6.07) is 11.5. The summed E-state index contributed by atoms with van der Waals surface area (Å²) in [7, 11) is 0. The number of carbonyl (C=O) groups is 2. The second-order valence-corrected chi connectivity index (χ2v) is 8.35. The average molecular weight is 443 g/mol. The summed E-state index contributed by atoms with van der Waals surface area (Å²) in [4.78, 5) is 31.4. The van der Waals surface area contributed by atoms with Crippen LogP contribution in [0.25, 0.3) is 0 Å². The Kier molecular flexibility index (Phi) is 6.69. The number of anilines is 1. The molecule has 2 aromatic rings. The van der Waals surface area contributed by atoms with E-state index in [0.717, 1.165) is 19.2 Å². The van der Waals surface area contributed by atoms with E-state index in [4.69, 9.17) is 0 Å². The molecule has 2 aliphatic rings. The van der Waals surface area contributed by atoms with Gasteiger partial charge in [-0.2, -0.15) is 0 Å². The maximum atomic E-state index is 14.2. The highest BCUT2D eigenvalue weighted by Gasteiger charge is 2.34. The minimum absolute atomic E-state index is 0.0210. The molecule has 8 heteroatoms. The number of nitrogens with zero attached hydrogens (tertiary/aromatic N) is 3. The number of rotatable bonds is 5. The van der Waals surface area contributed by atoms with E-state index in [9.17, 15) is 18.4 Å². The quantitative estimate of drug-likeness (QED) is 0.772. The molecule has 0 radical (unpaired) electrons. The van der Waals surface area contributed by atoms with E-state index < -0.39 is 17.7 Å². The molecule has 170 valence electrons. The molecule has 0 bridgehead atoms. The van der Waals surface area contributed by atoms with Gasteiger partial charge in [-0.15, -0.1) is 0 Å². The van der Waals surface area contributed by atoms with Crippen molar-refractivity contribution in [2.45, 2.75) is 25.9 Å². The lowest BCUT2D eigenvalue weighted by atomic mass is 10.1. The highest BCUT2D eigenvalue weighted by atomic mass is 19.2. The summed E-state index contributed by atoms with van der Waals surface area (Å²) < 4.78 is 27.8. The van der Waals surface area contributed by atoms with Crippen LogP contribution in [-0.4, -0.2) is 66.9 Å². The number of benzene rings is 2. The summed E-state index contributed by atoms with van der Waals surface area (Å²) in [5.41, 5.74) is 2.56. The number of nitrogens with one attached hydrogen (secondary N) is 1. The molecule has 2 aromatic carbocycles. The van der Waals surface area contributed by atoms with Gasteiger partial charge >= 0.3 is 0 Å². The monoisotopic (exact) mass is 442 g/mol. The van der Waals surface area contributed by atoms with Gasteiger partial charge in [0.05, 0.1) is 12.5 Å². The maximum Gasteiger partial charge on any atom is 0.237 e. The molecule has 0 unspecified atom stereocenters. The summed E-state index contributed by atoms with van der Waals surface area (Å²) in [5.74, 6) is -2.17. The molecule has 0 saturated carbocycles. The number of amides is 2. The molecule has 1 atom stereocenters. The second kappa shape index (κ2) is 9.65. The van der Waals surface area contributed by atoms with Crippen LogP contribution in [0.1, 0.15) is 17.5 Å². The van der Waals surface area contributed by atoms with Crippen molar-refractivity contribution in [1.82, 2.24) is 15.1 Å². The molecular weight excluding hydrogens is 414 g/mol. The average Bonchev–Trinajstić information content (AvgIpc) is 2.79. The molecule has 2 saturated heterocycles. The first-order valence-corrected chi connectivity index (χ1v) is 11.0. The van der Waals surface area contributed by atoms with Gasteiger partial charge in [-0.3, -0.25) is 14.5 Å². The predicted octanol–water partition coefficient (Wildman–Crippen LogP) is 2.31. The summed E-state index contributed by atoms with van der Waals surface area (Å²) in [5, 5.41) is 2.79. The first-order valence-electron chi connectivity index (χ1n) is 11.0. The Labute approximate surface area is 186 Å². The molecule has 4 rings (SSSR count). The highest BCUT2D eigenvalue weighted by molar-refractivity contribution is 5.89. The van der Waals surface area contributed by atoms with Gasteiger partial charge in [-0.1, -0.05) is 30.3 Å². The van der Waals surface area contributed by atoms with Crippen LogP contribution < -0.4 is 10.2 Å². The van der Waals surface area contributed by atoms with Crippen molar-refractivity contribution in [2.24, 2.45) is 0 Å². The van der Waals surface area contributed by atoms with Gasteiger partial charge in [0.15, 0.2) is 11.6 Å². The Morgan fingerprint density at radius 2 is 1.78 bits per heavy atom. The van der Waals surface area contributed by atoms with Gasteiger partial charge in [0.2, 0.25) is 11.8 Å². The van der Waals surface area contributed by atoms with Crippen molar-refractivity contribution in [3.05, 3.63) is 65.2 Å². The zero-order valence-electron chi connectivity index (χ0n) is 18.2. The van der Waals surface area contributed by atoms with E-state index in [2.05, 4.69) is 29.3 Å². The molecule has 2 fully saturated rings. The lowest BCUT2D eigenvalue weighted by Gasteiger charge is -2.39. The Morgan fingerprint density at radius 3 is 2.53 bits per heavy atom. The lowest BCUT2D eigenvalue weighted by Crippen LogP contribution is -2.57. The van der Waals surface area contributed by atoms with Gasteiger partial charge in [0, 0.05) is 57.1 Å². The molecular formula is C24H28F2N4O2. The van der Waals surface area contributed by atoms with Gasteiger partial charge < -0.3 is 15.1 Å². The Bertz CT molecular complexity index is 992. The van der Waals surface area contributed by atoms with Crippen LogP contribution in [-0.2, 0) is 16.1 Å². The zero-order valence-corrected chi connectivity index (χ0v) is 18.2. The minimum atomic E-state index is -0.914. The van der Waals surface area contributed by atoms with Gasteiger partial charge in [-0.25, -0.2) is 8.78 Å². The molecule has 6 nitrogen and oxygen atoms in total. The number of halogens is 2. The van der Waals surface area contributed by atoms with Crippen LogP contribution in [0.5, 0.6) is 0 Å². The molecule has 2 heterocycles. The van der Waals surface area contributed by atoms with Crippen LogP contribution >= 0.6 is 0 Å². The van der Waals surface area contributed by atoms with Crippen LogP contribution in [0, 0.1) is 18.6 Å². The third kappa shape index (κ3) is 4.75. The van der Waals surface area contributed by atoms with Crippen LogP contribution in [0.15, 0.2) is 42.5 Å². The van der Waals surface area contributed by atoms with Crippen molar-refractivity contribution in [1.29, 1.82) is 0 Å². The normalized spacial score (nSPS) is 19.7. The number of para-hydroxylation sites is 1. The predicted molar refractivity (Wildman–Crippen MR) is 118 cm³/mol. The lowest BCUT2D eigenvalue weighted by molar-refractivity contribution is -0.139. The van der Waals surface area contributed by atoms with E-state index in [-0.39, 0.29) is 30.3 Å². The summed E-state index contributed by atoms with van der Waals surface area (Å²) in [6.07, 6.45) is 0.0210. The third-order valence-electron chi connectivity index (χ3n) is 6.30. The number of carbonyl (C=O) groups excluding carboxylic acids is 2. The summed E-state index contributed by atoms with van der Waals surface area (Å²) >= 11 is 0. The number of aryl methyl sites for hydroxylation is 1. The fourth-order valence-electron chi connectivity index (χ4n) is 4.47. The Hall–Kier alpha value is -3.00. The number of hydrogen-bond acceptors (Lipinski definition) is 4. The van der Waals surface area contributed by atoms with E-state index in [0.29, 0.717) is 26.2 Å². The van der Waals surface area contributed by atoms with E-state index in [1.54, 1.807) is 9.80 Å². The molecule has 2 aliphatic heterocycles. The Morgan fingerprint density at radius 1 is 1.03 bits per heavy atom. The van der Waals surface area contributed by atoms with E-state index >= 15 is 0 Å². The minimum Gasteiger partial charge on any atom is -0.368 e.